The molecule has 1 aliphatic rings. The summed E-state index contributed by atoms with van der Waals surface area (Å²) in [5, 5.41) is 18.1. The zero-order valence-corrected chi connectivity index (χ0v) is 24.1. The van der Waals surface area contributed by atoms with Crippen molar-refractivity contribution < 1.29 is 14.7 Å². The van der Waals surface area contributed by atoms with Gasteiger partial charge < -0.3 is 10.4 Å². The molecule has 3 N–H and O–H groups in total. The van der Waals surface area contributed by atoms with Crippen LogP contribution >= 0.6 is 0 Å². The molecule has 42 heavy (non-hydrogen) atoms. The fraction of sp³-hybridized carbons (Fsp3) is 0.265. The molecule has 0 saturated carbocycles. The van der Waals surface area contributed by atoms with Crippen molar-refractivity contribution in [3.63, 3.8) is 0 Å². The average Bonchev–Trinajstić information content (AvgIpc) is 3.00. The van der Waals surface area contributed by atoms with E-state index in [9.17, 15) is 14.7 Å². The maximum absolute atomic E-state index is 13.4. The van der Waals surface area contributed by atoms with Gasteiger partial charge in [-0.25, -0.2) is 5.43 Å². The molecule has 0 bridgehead atoms. The Hall–Kier alpha value is -4.37. The highest BCUT2D eigenvalue weighted by molar-refractivity contribution is 6.11. The Balaban J connectivity index is 1.31. The number of aliphatic hydroxyl groups is 1. The smallest absolute Gasteiger partial charge is 0.273 e. The molecule has 0 radical (unpaired) electrons. The van der Waals surface area contributed by atoms with Crippen molar-refractivity contribution >= 4 is 34.5 Å². The highest BCUT2D eigenvalue weighted by Gasteiger charge is 2.18. The molecule has 5 rings (SSSR count). The summed E-state index contributed by atoms with van der Waals surface area (Å²) in [6, 6.07) is 24.9. The van der Waals surface area contributed by atoms with Crippen LogP contribution in [0.3, 0.4) is 0 Å². The number of carbonyl (C=O) groups is 2. The van der Waals surface area contributed by atoms with Gasteiger partial charge in [-0.3, -0.25) is 19.4 Å². The van der Waals surface area contributed by atoms with E-state index >= 15 is 0 Å². The first kappa shape index (κ1) is 29.1. The van der Waals surface area contributed by atoms with Gasteiger partial charge in [0, 0.05) is 44.8 Å². The molecule has 8 heteroatoms. The van der Waals surface area contributed by atoms with E-state index < -0.39 is 5.91 Å². The number of aliphatic hydroxyl groups excluding tert-OH is 1. The monoisotopic (exact) mass is 563 g/mol. The minimum absolute atomic E-state index is 0.179. The molecule has 0 atom stereocenters. The van der Waals surface area contributed by atoms with E-state index in [0.29, 0.717) is 23.4 Å². The van der Waals surface area contributed by atoms with Gasteiger partial charge in [0.15, 0.2) is 0 Å². The third-order valence-corrected chi connectivity index (χ3v) is 7.77. The molecule has 4 aromatic rings. The number of aryl methyl sites for hydroxylation is 2. The van der Waals surface area contributed by atoms with Crippen molar-refractivity contribution in [3.05, 3.63) is 112 Å². The van der Waals surface area contributed by atoms with Gasteiger partial charge in [-0.2, -0.15) is 5.10 Å². The number of hydrogen-bond acceptors (Lipinski definition) is 6. The van der Waals surface area contributed by atoms with Crippen molar-refractivity contribution in [2.75, 3.05) is 44.6 Å². The number of fused-ring (bicyclic) bond motifs is 1. The lowest BCUT2D eigenvalue weighted by Gasteiger charge is -2.34. The predicted octanol–water partition coefficient (Wildman–Crippen LogP) is 4.58. The van der Waals surface area contributed by atoms with Gasteiger partial charge in [-0.05, 0) is 71.1 Å². The molecule has 0 spiro atoms. The lowest BCUT2D eigenvalue weighted by molar-refractivity contribution is 0.0956. The molecule has 1 fully saturated rings. The van der Waals surface area contributed by atoms with E-state index in [-0.39, 0.29) is 12.5 Å². The Labute approximate surface area is 246 Å². The lowest BCUT2D eigenvalue weighted by Crippen LogP contribution is -2.46. The molecular formula is C34H37N5O3. The fourth-order valence-corrected chi connectivity index (χ4v) is 5.18. The first-order valence-corrected chi connectivity index (χ1v) is 14.3. The molecule has 216 valence electrons. The van der Waals surface area contributed by atoms with Gasteiger partial charge in [-0.15, -0.1) is 0 Å². The number of rotatable bonds is 9. The van der Waals surface area contributed by atoms with Crippen LogP contribution < -0.4 is 10.7 Å². The number of anilines is 1. The maximum atomic E-state index is 13.4. The number of benzene rings is 4. The number of nitrogens with one attached hydrogen (secondary N) is 2. The molecule has 4 aromatic carbocycles. The van der Waals surface area contributed by atoms with Gasteiger partial charge in [0.25, 0.3) is 11.8 Å². The number of amides is 2. The van der Waals surface area contributed by atoms with Crippen molar-refractivity contribution in [1.82, 2.24) is 15.2 Å². The van der Waals surface area contributed by atoms with Crippen LogP contribution in [0, 0.1) is 13.8 Å². The van der Waals surface area contributed by atoms with Crippen LogP contribution in [-0.4, -0.2) is 72.3 Å². The highest BCUT2D eigenvalue weighted by Crippen LogP contribution is 2.25. The summed E-state index contributed by atoms with van der Waals surface area (Å²) in [4.78, 5) is 31.3. The topological polar surface area (TPSA) is 97.3 Å². The molecule has 0 aliphatic carbocycles. The molecule has 1 heterocycles. The normalized spacial score (nSPS) is 14.4. The van der Waals surface area contributed by atoms with Gasteiger partial charge in [-0.1, -0.05) is 54.6 Å². The molecule has 2 amide bonds. The van der Waals surface area contributed by atoms with Crippen LogP contribution in [0.25, 0.3) is 10.8 Å². The first-order valence-electron chi connectivity index (χ1n) is 14.3. The van der Waals surface area contributed by atoms with Crippen LogP contribution in [0.1, 0.15) is 43.0 Å². The first-order chi connectivity index (χ1) is 20.4. The summed E-state index contributed by atoms with van der Waals surface area (Å²) in [6.45, 7) is 9.38. The largest absolute Gasteiger partial charge is 0.395 e. The Morgan fingerprint density at radius 2 is 1.57 bits per heavy atom. The van der Waals surface area contributed by atoms with Gasteiger partial charge in [0.05, 0.1) is 24.1 Å². The molecular weight excluding hydrogens is 526 g/mol. The van der Waals surface area contributed by atoms with E-state index in [1.807, 2.05) is 80.6 Å². The minimum Gasteiger partial charge on any atom is -0.395 e. The van der Waals surface area contributed by atoms with Crippen LogP contribution in [0.5, 0.6) is 0 Å². The van der Waals surface area contributed by atoms with Crippen molar-refractivity contribution in [2.24, 2.45) is 5.10 Å². The predicted molar refractivity (Wildman–Crippen MR) is 168 cm³/mol. The molecule has 1 aliphatic heterocycles. The number of piperazine rings is 1. The van der Waals surface area contributed by atoms with Crippen molar-refractivity contribution in [2.45, 2.75) is 20.4 Å². The average molecular weight is 564 g/mol. The Kier molecular flexibility index (Phi) is 9.38. The minimum atomic E-state index is -0.412. The second kappa shape index (κ2) is 13.5. The van der Waals surface area contributed by atoms with Gasteiger partial charge in [0.2, 0.25) is 0 Å². The summed E-state index contributed by atoms with van der Waals surface area (Å²) >= 11 is 0. The second-order valence-corrected chi connectivity index (χ2v) is 10.8. The third-order valence-electron chi connectivity index (χ3n) is 7.77. The second-order valence-electron chi connectivity index (χ2n) is 10.8. The van der Waals surface area contributed by atoms with E-state index in [0.717, 1.165) is 60.2 Å². The SMILES string of the molecule is Cc1ccc(/C=N/NC(=O)c2cc3ccccc3cc2NC(=O)c2cccc(CN3CCN(CCO)CC3)c2)cc1C. The quantitative estimate of drug-likeness (QED) is 0.205. The Morgan fingerprint density at radius 3 is 2.31 bits per heavy atom. The van der Waals surface area contributed by atoms with Crippen LogP contribution in [0.4, 0.5) is 5.69 Å². The summed E-state index contributed by atoms with van der Waals surface area (Å²) in [6.07, 6.45) is 1.61. The fourth-order valence-electron chi connectivity index (χ4n) is 5.18. The summed E-state index contributed by atoms with van der Waals surface area (Å²) in [5.41, 5.74) is 8.17. The molecule has 1 saturated heterocycles. The van der Waals surface area contributed by atoms with E-state index in [1.54, 1.807) is 18.3 Å². The summed E-state index contributed by atoms with van der Waals surface area (Å²) in [7, 11) is 0. The zero-order valence-electron chi connectivity index (χ0n) is 24.1. The van der Waals surface area contributed by atoms with Crippen LogP contribution in [-0.2, 0) is 6.54 Å². The van der Waals surface area contributed by atoms with Crippen LogP contribution in [0.2, 0.25) is 0 Å². The maximum Gasteiger partial charge on any atom is 0.273 e. The van der Waals surface area contributed by atoms with Crippen molar-refractivity contribution in [3.8, 4) is 0 Å². The van der Waals surface area contributed by atoms with E-state index in [1.165, 1.54) is 5.56 Å². The zero-order chi connectivity index (χ0) is 29.5. The number of β-amino-alcohol motifs (C(OH)–C–C–N with tert-alkyl or cyclic N) is 1. The Morgan fingerprint density at radius 1 is 0.833 bits per heavy atom. The summed E-state index contributed by atoms with van der Waals surface area (Å²) in [5.74, 6) is -0.696. The molecule has 8 nitrogen and oxygen atoms in total. The van der Waals surface area contributed by atoms with Crippen LogP contribution in [0.15, 0.2) is 84.0 Å². The van der Waals surface area contributed by atoms with Gasteiger partial charge >= 0.3 is 0 Å². The lowest BCUT2D eigenvalue weighted by atomic mass is 10.0. The number of hydrazone groups is 1. The standard InChI is InChI=1S/C34H37N5O3/c1-24-10-11-26(18-25(24)2)22-35-37-34(42)31-20-28-7-3-4-8-29(28)21-32(31)36-33(41)30-9-5-6-27(19-30)23-39-14-12-38(13-15-39)16-17-40/h3-11,18-22,40H,12-17,23H2,1-2H3,(H,36,41)(H,37,42)/b35-22+. The summed E-state index contributed by atoms with van der Waals surface area (Å²) < 4.78 is 0. The molecule has 0 unspecified atom stereocenters. The number of hydrogen-bond donors (Lipinski definition) is 3. The third kappa shape index (κ3) is 7.28. The Bertz CT molecular complexity index is 1610. The van der Waals surface area contributed by atoms with Gasteiger partial charge in [0.1, 0.15) is 0 Å². The number of carbonyl (C=O) groups excluding carboxylic acids is 2. The van der Waals surface area contributed by atoms with E-state index in [2.05, 4.69) is 25.6 Å². The number of nitrogens with zero attached hydrogens (tertiary/aromatic N) is 3. The molecule has 0 aromatic heterocycles. The van der Waals surface area contributed by atoms with Crippen molar-refractivity contribution in [1.29, 1.82) is 0 Å². The highest BCUT2D eigenvalue weighted by atomic mass is 16.3. The van der Waals surface area contributed by atoms with E-state index in [4.69, 9.17) is 0 Å².